The van der Waals surface area contributed by atoms with Gasteiger partial charge in [0.15, 0.2) is 5.82 Å². The maximum Gasteiger partial charge on any atom is 0.258 e. The number of halogens is 2. The van der Waals surface area contributed by atoms with Crippen LogP contribution in [0.5, 0.6) is 0 Å². The molecule has 3 aromatic carbocycles. The van der Waals surface area contributed by atoms with Crippen molar-refractivity contribution in [1.29, 1.82) is 0 Å². The molecule has 2 aliphatic heterocycles. The molecule has 10 heteroatoms. The van der Waals surface area contributed by atoms with Gasteiger partial charge in [-0.05, 0) is 73.5 Å². The fourth-order valence-corrected chi connectivity index (χ4v) is 5.76. The summed E-state index contributed by atoms with van der Waals surface area (Å²) in [6, 6.07) is 15.4. The molecule has 4 aromatic rings. The lowest BCUT2D eigenvalue weighted by Gasteiger charge is -2.34. The van der Waals surface area contributed by atoms with E-state index in [1.807, 2.05) is 37.3 Å². The number of aromatic amines is 1. The van der Waals surface area contributed by atoms with Crippen molar-refractivity contribution in [2.75, 3.05) is 62.0 Å². The van der Waals surface area contributed by atoms with Crippen LogP contribution in [0, 0.1) is 11.6 Å². The quantitative estimate of drug-likeness (QED) is 0.267. The summed E-state index contributed by atoms with van der Waals surface area (Å²) in [5.74, 6) is -1.37. The van der Waals surface area contributed by atoms with Crippen LogP contribution in [0.15, 0.2) is 54.6 Å². The molecular weight excluding hydrogens is 538 g/mol. The number of anilines is 3. The first-order chi connectivity index (χ1) is 20.3. The number of H-pyrrole nitrogens is 1. The third-order valence-corrected chi connectivity index (χ3v) is 8.40. The Bertz CT molecular complexity index is 1560. The largest absolute Gasteiger partial charge is 0.381 e. The summed E-state index contributed by atoms with van der Waals surface area (Å²) in [6.07, 6.45) is 1.75. The number of hydrogen-bond donors (Lipinski definition) is 3. The molecular formula is C32H36F2N6O2. The van der Waals surface area contributed by atoms with Crippen molar-refractivity contribution in [2.24, 2.45) is 0 Å². The molecule has 2 saturated heterocycles. The van der Waals surface area contributed by atoms with E-state index in [-0.39, 0.29) is 17.9 Å². The summed E-state index contributed by atoms with van der Waals surface area (Å²) in [4.78, 5) is 18.4. The van der Waals surface area contributed by atoms with Crippen LogP contribution in [0.25, 0.3) is 10.9 Å². The Hall–Kier alpha value is -4.02. The van der Waals surface area contributed by atoms with E-state index in [0.29, 0.717) is 30.2 Å². The van der Waals surface area contributed by atoms with Gasteiger partial charge in [0.2, 0.25) is 0 Å². The zero-order valence-corrected chi connectivity index (χ0v) is 23.9. The van der Waals surface area contributed by atoms with Gasteiger partial charge >= 0.3 is 0 Å². The molecule has 8 nitrogen and oxygen atoms in total. The molecule has 0 saturated carbocycles. The minimum absolute atomic E-state index is 0.218. The maximum absolute atomic E-state index is 13.9. The number of fused-ring (bicyclic) bond motifs is 1. The van der Waals surface area contributed by atoms with E-state index < -0.39 is 11.6 Å². The maximum atomic E-state index is 13.9. The van der Waals surface area contributed by atoms with Gasteiger partial charge in [-0.15, -0.1) is 0 Å². The van der Waals surface area contributed by atoms with Gasteiger partial charge in [0.05, 0.1) is 11.1 Å². The van der Waals surface area contributed by atoms with Crippen molar-refractivity contribution in [3.8, 4) is 0 Å². The van der Waals surface area contributed by atoms with Crippen LogP contribution >= 0.6 is 0 Å². The van der Waals surface area contributed by atoms with Crippen LogP contribution in [-0.4, -0.2) is 73.5 Å². The van der Waals surface area contributed by atoms with E-state index in [9.17, 15) is 13.6 Å². The van der Waals surface area contributed by atoms with Gasteiger partial charge in [-0.1, -0.05) is 13.0 Å². The Kier molecular flexibility index (Phi) is 8.08. The molecule has 42 heavy (non-hydrogen) atoms. The monoisotopic (exact) mass is 574 g/mol. The smallest absolute Gasteiger partial charge is 0.258 e. The standard InChI is InChI=1S/C32H36F2N6O2/c1-20(22-15-23(33)18-24(34)16-22)21-3-6-29-28(17-21)31(38-37-29)36-32(41)27-5-4-26(40-11-9-39(2)10-12-40)19-30(27)35-25-7-13-42-14-8-25/h3-6,15-20,25,35H,7-14H2,1-2H3,(H2,36,37,38,41). The first kappa shape index (κ1) is 28.1. The fourth-order valence-electron chi connectivity index (χ4n) is 5.76. The number of rotatable bonds is 7. The predicted molar refractivity (Wildman–Crippen MR) is 162 cm³/mol. The number of aromatic nitrogens is 2. The summed E-state index contributed by atoms with van der Waals surface area (Å²) in [6.45, 7) is 7.13. The van der Waals surface area contributed by atoms with Crippen LogP contribution in [-0.2, 0) is 4.74 Å². The van der Waals surface area contributed by atoms with Crippen molar-refractivity contribution < 1.29 is 18.3 Å². The van der Waals surface area contributed by atoms with Crippen LogP contribution in [0.3, 0.4) is 0 Å². The van der Waals surface area contributed by atoms with Crippen molar-refractivity contribution in [1.82, 2.24) is 15.1 Å². The summed E-state index contributed by atoms with van der Waals surface area (Å²) in [5, 5.41) is 14.7. The first-order valence-electron chi connectivity index (χ1n) is 14.5. The van der Waals surface area contributed by atoms with Gasteiger partial charge in [0.1, 0.15) is 11.6 Å². The lowest BCUT2D eigenvalue weighted by Crippen LogP contribution is -2.44. The highest BCUT2D eigenvalue weighted by Crippen LogP contribution is 2.32. The van der Waals surface area contributed by atoms with Crippen molar-refractivity contribution in [3.63, 3.8) is 0 Å². The molecule has 6 rings (SSSR count). The van der Waals surface area contributed by atoms with Crippen molar-refractivity contribution >= 4 is 34.0 Å². The molecule has 2 aliphatic rings. The second-order valence-electron chi connectivity index (χ2n) is 11.3. The fraction of sp³-hybridized carbons (Fsp3) is 0.375. The van der Waals surface area contributed by atoms with E-state index in [1.54, 1.807) is 0 Å². The van der Waals surface area contributed by atoms with Gasteiger partial charge in [-0.3, -0.25) is 9.89 Å². The number of ether oxygens (including phenoxy) is 1. The molecule has 2 fully saturated rings. The Balaban J connectivity index is 1.27. The van der Waals surface area contributed by atoms with E-state index in [4.69, 9.17) is 4.74 Å². The molecule has 1 aromatic heterocycles. The summed E-state index contributed by atoms with van der Waals surface area (Å²) in [7, 11) is 2.13. The number of likely N-dealkylation sites (N-methyl/N-ethyl adjacent to an activating group) is 1. The number of benzene rings is 3. The summed E-state index contributed by atoms with van der Waals surface area (Å²) in [5.41, 5.74) is 4.55. The number of amides is 1. The molecule has 1 amide bonds. The highest BCUT2D eigenvalue weighted by molar-refractivity contribution is 6.11. The van der Waals surface area contributed by atoms with Gasteiger partial charge in [0.25, 0.3) is 5.91 Å². The third kappa shape index (κ3) is 6.10. The van der Waals surface area contributed by atoms with Crippen molar-refractivity contribution in [2.45, 2.75) is 31.7 Å². The Morgan fingerprint density at radius 3 is 2.45 bits per heavy atom. The number of piperazine rings is 1. The second-order valence-corrected chi connectivity index (χ2v) is 11.3. The number of hydrogen-bond acceptors (Lipinski definition) is 6. The molecule has 3 N–H and O–H groups in total. The highest BCUT2D eigenvalue weighted by atomic mass is 19.1. The molecule has 220 valence electrons. The van der Waals surface area contributed by atoms with Crippen LogP contribution in [0.1, 0.15) is 47.2 Å². The summed E-state index contributed by atoms with van der Waals surface area (Å²) < 4.78 is 33.3. The molecule has 1 atom stereocenters. The number of nitrogens with zero attached hydrogens (tertiary/aromatic N) is 3. The zero-order valence-electron chi connectivity index (χ0n) is 23.9. The molecule has 0 radical (unpaired) electrons. The average Bonchev–Trinajstić information content (AvgIpc) is 3.39. The van der Waals surface area contributed by atoms with Gasteiger partial charge < -0.3 is 25.2 Å². The topological polar surface area (TPSA) is 85.5 Å². The SMILES string of the molecule is CC(c1cc(F)cc(F)c1)c1ccc2[nH]nc(NC(=O)c3ccc(N4CCN(C)CC4)cc3NC3CCOCC3)c2c1. The summed E-state index contributed by atoms with van der Waals surface area (Å²) >= 11 is 0. The number of carbonyl (C=O) groups excluding carboxylic acids is 1. The van der Waals surface area contributed by atoms with E-state index in [2.05, 4.69) is 43.7 Å². The lowest BCUT2D eigenvalue weighted by molar-refractivity contribution is 0.0904. The van der Waals surface area contributed by atoms with Gasteiger partial charge in [-0.2, -0.15) is 5.10 Å². The molecule has 0 aliphatic carbocycles. The zero-order chi connectivity index (χ0) is 29.2. The first-order valence-corrected chi connectivity index (χ1v) is 14.5. The van der Waals surface area contributed by atoms with Gasteiger partial charge in [-0.25, -0.2) is 8.78 Å². The van der Waals surface area contributed by atoms with Crippen LogP contribution in [0.2, 0.25) is 0 Å². The normalized spacial score (nSPS) is 17.4. The molecule has 3 heterocycles. The van der Waals surface area contributed by atoms with Gasteiger partial charge in [0, 0.05) is 74.2 Å². The molecule has 0 bridgehead atoms. The van der Waals surface area contributed by atoms with E-state index in [1.165, 1.54) is 12.1 Å². The molecule has 0 spiro atoms. The van der Waals surface area contributed by atoms with E-state index in [0.717, 1.165) is 72.9 Å². The van der Waals surface area contributed by atoms with E-state index >= 15 is 0 Å². The van der Waals surface area contributed by atoms with Crippen LogP contribution < -0.4 is 15.5 Å². The Morgan fingerprint density at radius 1 is 0.976 bits per heavy atom. The Labute approximate surface area is 244 Å². The minimum atomic E-state index is -0.613. The average molecular weight is 575 g/mol. The Morgan fingerprint density at radius 2 is 1.71 bits per heavy atom. The second kappa shape index (κ2) is 12.1. The van der Waals surface area contributed by atoms with Crippen LogP contribution in [0.4, 0.5) is 26.0 Å². The van der Waals surface area contributed by atoms with Crippen molar-refractivity contribution in [3.05, 3.63) is 82.9 Å². The highest BCUT2D eigenvalue weighted by Gasteiger charge is 2.22. The lowest BCUT2D eigenvalue weighted by atomic mass is 9.92. The number of nitrogens with one attached hydrogen (secondary N) is 3. The number of carbonyl (C=O) groups is 1. The third-order valence-electron chi connectivity index (χ3n) is 8.40. The minimum Gasteiger partial charge on any atom is -0.381 e. The molecule has 1 unspecified atom stereocenters. The predicted octanol–water partition coefficient (Wildman–Crippen LogP) is 5.59.